The van der Waals surface area contributed by atoms with Crippen molar-refractivity contribution >= 4 is 62.8 Å². The molecular formula is C40H47InN2O2Si2Zr. The summed E-state index contributed by atoms with van der Waals surface area (Å²) < 4.78 is 7.16. The van der Waals surface area contributed by atoms with Gasteiger partial charge < -0.3 is 0 Å². The Morgan fingerprint density at radius 2 is 0.938 bits per heavy atom. The molecule has 2 N–H and O–H groups in total. The molecule has 6 rings (SSSR count). The third-order valence-electron chi connectivity index (χ3n) is 8.92. The molecule has 8 heteroatoms. The average molecular weight is 850 g/mol. The molecule has 0 saturated carbocycles. The first kappa shape index (κ1) is 36.8. The average Bonchev–Trinajstić information content (AvgIpc) is 3.56. The van der Waals surface area contributed by atoms with Crippen LogP contribution in [0.5, 0.6) is 0 Å². The van der Waals surface area contributed by atoms with E-state index in [0.717, 1.165) is 0 Å². The van der Waals surface area contributed by atoms with Crippen LogP contribution in [0.15, 0.2) is 108 Å². The van der Waals surface area contributed by atoms with Crippen molar-refractivity contribution in [1.29, 1.82) is 0 Å². The molecule has 2 unspecified atom stereocenters. The first-order chi connectivity index (χ1) is 22.8. The van der Waals surface area contributed by atoms with Crippen LogP contribution >= 0.6 is 0 Å². The summed E-state index contributed by atoms with van der Waals surface area (Å²) in [6, 6.07) is 35.6. The van der Waals surface area contributed by atoms with Crippen molar-refractivity contribution in [2.75, 3.05) is 0 Å². The maximum atomic E-state index is 11.6. The van der Waals surface area contributed by atoms with Gasteiger partial charge in [0.25, 0.3) is 0 Å². The second-order valence-corrected chi connectivity index (χ2v) is 31.4. The second kappa shape index (κ2) is 15.6. The number of hydrogen-bond donors (Lipinski definition) is 2. The number of nitrogens with one attached hydrogen (secondary N) is 2. The minimum atomic E-state index is -1.72. The Kier molecular flexibility index (Phi) is 11.9. The normalized spacial score (nSPS) is 16.3. The van der Waals surface area contributed by atoms with E-state index in [1.165, 1.54) is 33.4 Å². The van der Waals surface area contributed by atoms with E-state index in [2.05, 4.69) is 130 Å². The quantitative estimate of drug-likeness (QED) is 0.174. The number of carbonyl (C=O) groups excluding carboxylic acids is 2. The van der Waals surface area contributed by atoms with Crippen LogP contribution in [0.25, 0.3) is 34.4 Å². The van der Waals surface area contributed by atoms with Crippen molar-refractivity contribution in [3.05, 3.63) is 130 Å². The molecule has 0 bridgehead atoms. The number of benzene rings is 4. The van der Waals surface area contributed by atoms with Crippen molar-refractivity contribution in [3.63, 3.8) is 0 Å². The number of carbonyl (C=O) groups is 2. The standard InChI is InChI=1S/2C16H13.2C4H11NOSi.In.Zr.H/c2*1-12-10-14-8-5-9-15(16(14)11-12)13-6-3-2-4-7-13;2*1-7(2,3)4(5)6;;;/h2*2-11H,1H3;2*1-3H3,(H2,5,6);;;/q;;;;+2;;/p-2. The minimum absolute atomic E-state index is 0.175. The topological polar surface area (TPSA) is 58.2 Å². The monoisotopic (exact) mass is 848 g/mol. The van der Waals surface area contributed by atoms with Crippen LogP contribution in [0.4, 0.5) is 9.59 Å². The summed E-state index contributed by atoms with van der Waals surface area (Å²) in [6.07, 6.45) is 4.94. The molecule has 2 amide bonds. The molecule has 0 heterocycles. The van der Waals surface area contributed by atoms with Gasteiger partial charge in [-0.15, -0.1) is 0 Å². The summed E-state index contributed by atoms with van der Waals surface area (Å²) in [7, 11) is -3.43. The van der Waals surface area contributed by atoms with Gasteiger partial charge in [0, 0.05) is 0 Å². The van der Waals surface area contributed by atoms with Crippen LogP contribution in [0, 0.1) is 0 Å². The zero-order valence-corrected chi connectivity index (χ0v) is 38.1. The number of amides is 2. The Balaban J connectivity index is 0.000000256. The Bertz CT molecular complexity index is 1730. The van der Waals surface area contributed by atoms with Gasteiger partial charge in [0.15, 0.2) is 0 Å². The summed E-state index contributed by atoms with van der Waals surface area (Å²) in [4.78, 5) is 23.1. The van der Waals surface area contributed by atoms with E-state index in [9.17, 15) is 9.59 Å². The van der Waals surface area contributed by atoms with Crippen LogP contribution in [-0.4, -0.2) is 50.7 Å². The molecule has 0 radical (unpaired) electrons. The zero-order valence-electron chi connectivity index (χ0n) is 29.6. The van der Waals surface area contributed by atoms with Crippen LogP contribution in [0.1, 0.15) is 43.4 Å². The summed E-state index contributed by atoms with van der Waals surface area (Å²) in [6.45, 7) is 16.8. The van der Waals surface area contributed by atoms with E-state index in [1.54, 1.807) is 22.3 Å². The van der Waals surface area contributed by atoms with Gasteiger partial charge in [0.05, 0.1) is 0 Å². The number of fused-ring (bicyclic) bond motifs is 2. The molecule has 0 saturated heterocycles. The maximum absolute atomic E-state index is 11.6. The fourth-order valence-electron chi connectivity index (χ4n) is 6.19. The van der Waals surface area contributed by atoms with E-state index < -0.39 is 62.9 Å². The molecule has 0 spiro atoms. The van der Waals surface area contributed by atoms with Gasteiger partial charge in [-0.3, -0.25) is 0 Å². The fraction of sp³-hybridized carbons (Fsp3) is 0.250. The number of allylic oxidation sites excluding steroid dienone is 2. The molecule has 2 aliphatic carbocycles. The van der Waals surface area contributed by atoms with Crippen molar-refractivity contribution in [3.8, 4) is 22.3 Å². The Morgan fingerprint density at radius 3 is 1.29 bits per heavy atom. The molecule has 0 aliphatic heterocycles. The van der Waals surface area contributed by atoms with Gasteiger partial charge >= 0.3 is 315 Å². The van der Waals surface area contributed by atoms with E-state index in [4.69, 9.17) is 0 Å². The molecule has 48 heavy (non-hydrogen) atoms. The summed E-state index contributed by atoms with van der Waals surface area (Å²) in [5, 5.41) is 0. The van der Waals surface area contributed by atoms with Crippen LogP contribution in [0.3, 0.4) is 0 Å². The predicted molar refractivity (Wildman–Crippen MR) is 207 cm³/mol. The predicted octanol–water partition coefficient (Wildman–Crippen LogP) is 10.2. The Morgan fingerprint density at radius 1 is 0.562 bits per heavy atom. The molecule has 2 aliphatic rings. The van der Waals surface area contributed by atoms with E-state index in [0.29, 0.717) is 7.25 Å². The van der Waals surface area contributed by atoms with E-state index in [-0.39, 0.29) is 11.1 Å². The molecular weight excluding hydrogens is 803 g/mol. The van der Waals surface area contributed by atoms with Crippen molar-refractivity contribution < 1.29 is 32.8 Å². The first-order valence-electron chi connectivity index (χ1n) is 16.8. The number of rotatable bonds is 8. The number of hydrogen-bond acceptors (Lipinski definition) is 2. The van der Waals surface area contributed by atoms with Crippen molar-refractivity contribution in [2.45, 2.75) is 60.4 Å². The molecule has 0 fully saturated rings. The Labute approximate surface area is 312 Å². The van der Waals surface area contributed by atoms with Crippen LogP contribution in [0.2, 0.25) is 39.3 Å². The van der Waals surface area contributed by atoms with Gasteiger partial charge in [-0.05, 0) is 0 Å². The Hall–Kier alpha value is -2.51. The molecule has 0 aromatic heterocycles. The second-order valence-electron chi connectivity index (χ2n) is 14.8. The van der Waals surface area contributed by atoms with Crippen molar-refractivity contribution in [1.82, 2.24) is 6.61 Å². The molecule has 244 valence electrons. The first-order valence-corrected chi connectivity index (χ1v) is 30.7. The third-order valence-corrected chi connectivity index (χ3v) is 22.3. The van der Waals surface area contributed by atoms with Gasteiger partial charge in [-0.2, -0.15) is 0 Å². The third kappa shape index (κ3) is 8.61. The molecule has 4 aromatic carbocycles. The SMILES string of the molecule is CC1=Cc2c(-c3ccccc3)cccc2[CH]1[Zr][CH]1C(C)=Cc2c(-c3ccccc3)cccc21.C[Si](C)(C)C(=O)[NH][InH][NH]C(=O)[Si](C)(C)C. The van der Waals surface area contributed by atoms with E-state index >= 15 is 0 Å². The van der Waals surface area contributed by atoms with Crippen LogP contribution < -0.4 is 6.61 Å². The van der Waals surface area contributed by atoms with Gasteiger partial charge in [0.2, 0.25) is 0 Å². The zero-order chi connectivity index (χ0) is 34.6. The van der Waals surface area contributed by atoms with Crippen molar-refractivity contribution in [2.24, 2.45) is 0 Å². The molecule has 4 nitrogen and oxygen atoms in total. The summed E-state index contributed by atoms with van der Waals surface area (Å²) in [5.74, 6) is 0. The van der Waals surface area contributed by atoms with Gasteiger partial charge in [-0.25, -0.2) is 0 Å². The van der Waals surface area contributed by atoms with E-state index in [1.807, 2.05) is 39.3 Å². The molecule has 2 atom stereocenters. The summed E-state index contributed by atoms with van der Waals surface area (Å²) in [5.41, 5.74) is 14.9. The molecule has 4 aromatic rings. The van der Waals surface area contributed by atoms with Gasteiger partial charge in [0.1, 0.15) is 0 Å². The summed E-state index contributed by atoms with van der Waals surface area (Å²) >= 11 is -2.44. The van der Waals surface area contributed by atoms with Gasteiger partial charge in [-0.1, -0.05) is 0 Å². The van der Waals surface area contributed by atoms with Crippen LogP contribution in [-0.2, 0) is 23.2 Å². The fourth-order valence-corrected chi connectivity index (χ4v) is 23.3.